The fraction of sp³-hybridized carbons (Fsp3) is 0.364. The number of likely N-dealkylation sites (N-methyl/N-ethyl adjacent to an activating group) is 1. The van der Waals surface area contributed by atoms with Crippen LogP contribution in [-0.4, -0.2) is 37.9 Å². The average molecular weight is 353 g/mol. The molecule has 26 heavy (non-hydrogen) atoms. The van der Waals surface area contributed by atoms with Crippen molar-refractivity contribution in [3.05, 3.63) is 53.6 Å². The second-order valence-electron chi connectivity index (χ2n) is 7.31. The van der Waals surface area contributed by atoms with E-state index in [1.54, 1.807) is 0 Å². The van der Waals surface area contributed by atoms with Crippen molar-refractivity contribution in [2.24, 2.45) is 0 Å². The lowest BCUT2D eigenvalue weighted by Gasteiger charge is -2.16. The summed E-state index contributed by atoms with van der Waals surface area (Å²) in [6.45, 7) is 7.53. The Bertz CT molecular complexity index is 792. The number of rotatable bonds is 6. The molecule has 3 rings (SSSR count). The van der Waals surface area contributed by atoms with Gasteiger partial charge in [-0.15, -0.1) is 0 Å². The first kappa shape index (κ1) is 18.3. The summed E-state index contributed by atoms with van der Waals surface area (Å²) >= 11 is 0. The van der Waals surface area contributed by atoms with Crippen molar-refractivity contribution in [3.63, 3.8) is 0 Å². The van der Waals surface area contributed by atoms with Gasteiger partial charge in [-0.05, 0) is 62.0 Å². The molecule has 0 bridgehead atoms. The Labute approximate surface area is 156 Å². The number of fused-ring (bicyclic) bond motifs is 1. The minimum absolute atomic E-state index is 0.595. The van der Waals surface area contributed by atoms with Gasteiger partial charge >= 0.3 is 0 Å². The molecule has 0 atom stereocenters. The molecule has 0 spiro atoms. The first-order valence-corrected chi connectivity index (χ1v) is 8.91. The molecule has 1 aliphatic heterocycles. The summed E-state index contributed by atoms with van der Waals surface area (Å²) < 4.78 is 17.3. The van der Waals surface area contributed by atoms with Crippen molar-refractivity contribution in [3.8, 4) is 17.2 Å². The van der Waals surface area contributed by atoms with Gasteiger partial charge in [-0.25, -0.2) is 0 Å². The topological polar surface area (TPSA) is 30.9 Å². The van der Waals surface area contributed by atoms with E-state index in [9.17, 15) is 0 Å². The number of benzene rings is 2. The minimum Gasteiger partial charge on any atom is -0.492 e. The molecule has 0 N–H and O–H groups in total. The quantitative estimate of drug-likeness (QED) is 0.705. The van der Waals surface area contributed by atoms with E-state index in [1.807, 2.05) is 58.3 Å². The van der Waals surface area contributed by atoms with Crippen molar-refractivity contribution < 1.29 is 14.2 Å². The molecular formula is C22H27NO3. The van der Waals surface area contributed by atoms with Gasteiger partial charge in [0.2, 0.25) is 5.79 Å². The van der Waals surface area contributed by atoms with Crippen LogP contribution in [0.2, 0.25) is 0 Å². The third-order valence-corrected chi connectivity index (χ3v) is 4.18. The standard InChI is InChI=1S/C22H27NO3/c1-16(18-7-9-19(10-8-18)24-13-12-23(4)5)14-17-6-11-20-21(15-17)26-22(2,3)25-20/h6-11,14-15H,12-13H2,1-5H3/b16-14+. The highest BCUT2D eigenvalue weighted by Gasteiger charge is 2.31. The summed E-state index contributed by atoms with van der Waals surface area (Å²) in [5.41, 5.74) is 3.44. The van der Waals surface area contributed by atoms with Crippen LogP contribution < -0.4 is 14.2 Å². The Morgan fingerprint density at radius 2 is 1.73 bits per heavy atom. The Morgan fingerprint density at radius 1 is 1.04 bits per heavy atom. The molecule has 138 valence electrons. The molecule has 1 heterocycles. The third-order valence-electron chi connectivity index (χ3n) is 4.18. The second kappa shape index (κ2) is 7.42. The molecular weight excluding hydrogens is 326 g/mol. The van der Waals surface area contributed by atoms with Crippen molar-refractivity contribution in [1.82, 2.24) is 4.90 Å². The van der Waals surface area contributed by atoms with E-state index in [0.29, 0.717) is 6.61 Å². The zero-order valence-corrected chi connectivity index (χ0v) is 16.2. The molecule has 0 saturated heterocycles. The van der Waals surface area contributed by atoms with E-state index >= 15 is 0 Å². The van der Waals surface area contributed by atoms with E-state index in [0.717, 1.165) is 29.4 Å². The third kappa shape index (κ3) is 4.58. The zero-order chi connectivity index (χ0) is 18.7. The predicted molar refractivity (Wildman–Crippen MR) is 106 cm³/mol. The van der Waals surface area contributed by atoms with Crippen molar-refractivity contribution in [1.29, 1.82) is 0 Å². The largest absolute Gasteiger partial charge is 0.492 e. The molecule has 0 unspecified atom stereocenters. The predicted octanol–water partition coefficient (Wildman–Crippen LogP) is 4.69. The highest BCUT2D eigenvalue weighted by atomic mass is 16.7. The van der Waals surface area contributed by atoms with Gasteiger partial charge in [0.1, 0.15) is 12.4 Å². The normalized spacial score (nSPS) is 15.4. The summed E-state index contributed by atoms with van der Waals surface area (Å²) in [6.07, 6.45) is 2.15. The van der Waals surface area contributed by atoms with Crippen LogP contribution in [0, 0.1) is 0 Å². The van der Waals surface area contributed by atoms with Gasteiger partial charge in [0.15, 0.2) is 11.5 Å². The number of hydrogen-bond donors (Lipinski definition) is 0. The fourth-order valence-electron chi connectivity index (χ4n) is 2.82. The van der Waals surface area contributed by atoms with Crippen LogP contribution in [0.3, 0.4) is 0 Å². The van der Waals surface area contributed by atoms with E-state index in [2.05, 4.69) is 30.0 Å². The molecule has 4 nitrogen and oxygen atoms in total. The van der Waals surface area contributed by atoms with Crippen LogP contribution in [0.5, 0.6) is 17.2 Å². The Morgan fingerprint density at radius 3 is 2.42 bits per heavy atom. The van der Waals surface area contributed by atoms with Gasteiger partial charge in [0, 0.05) is 20.4 Å². The summed E-state index contributed by atoms with van der Waals surface area (Å²) in [7, 11) is 4.08. The molecule has 0 fully saturated rings. The number of ether oxygens (including phenoxy) is 3. The van der Waals surface area contributed by atoms with Crippen LogP contribution in [0.25, 0.3) is 11.6 Å². The average Bonchev–Trinajstić information content (AvgIpc) is 2.88. The van der Waals surface area contributed by atoms with E-state index in [-0.39, 0.29) is 0 Å². The fourth-order valence-corrected chi connectivity index (χ4v) is 2.82. The van der Waals surface area contributed by atoms with Crippen molar-refractivity contribution in [2.45, 2.75) is 26.6 Å². The summed E-state index contributed by atoms with van der Waals surface area (Å²) in [5.74, 6) is 1.89. The van der Waals surface area contributed by atoms with Crippen LogP contribution in [0.4, 0.5) is 0 Å². The lowest BCUT2D eigenvalue weighted by Crippen LogP contribution is -2.29. The molecule has 4 heteroatoms. The molecule has 0 aromatic heterocycles. The lowest BCUT2D eigenvalue weighted by atomic mass is 10.0. The summed E-state index contributed by atoms with van der Waals surface area (Å²) in [6, 6.07) is 14.2. The van der Waals surface area contributed by atoms with E-state index < -0.39 is 5.79 Å². The monoisotopic (exact) mass is 353 g/mol. The Hall–Kier alpha value is -2.46. The van der Waals surface area contributed by atoms with Gasteiger partial charge in [-0.3, -0.25) is 0 Å². The molecule has 0 radical (unpaired) electrons. The highest BCUT2D eigenvalue weighted by Crippen LogP contribution is 2.40. The number of hydrogen-bond acceptors (Lipinski definition) is 4. The van der Waals surface area contributed by atoms with Crippen LogP contribution in [-0.2, 0) is 0 Å². The van der Waals surface area contributed by atoms with E-state index in [4.69, 9.17) is 14.2 Å². The van der Waals surface area contributed by atoms with Gasteiger partial charge in [-0.1, -0.05) is 24.3 Å². The molecule has 0 aliphatic carbocycles. The molecule has 2 aromatic carbocycles. The summed E-state index contributed by atoms with van der Waals surface area (Å²) in [4.78, 5) is 2.10. The molecule has 1 aliphatic rings. The van der Waals surface area contributed by atoms with Crippen molar-refractivity contribution >= 4 is 11.6 Å². The van der Waals surface area contributed by atoms with Crippen LogP contribution in [0.1, 0.15) is 31.9 Å². The number of allylic oxidation sites excluding steroid dienone is 1. The zero-order valence-electron chi connectivity index (χ0n) is 16.2. The molecule has 0 amide bonds. The summed E-state index contributed by atoms with van der Waals surface area (Å²) in [5, 5.41) is 0. The van der Waals surface area contributed by atoms with Crippen molar-refractivity contribution in [2.75, 3.05) is 27.2 Å². The van der Waals surface area contributed by atoms with Gasteiger partial charge < -0.3 is 19.1 Å². The maximum atomic E-state index is 5.82. The van der Waals surface area contributed by atoms with Gasteiger partial charge in [0.25, 0.3) is 0 Å². The maximum Gasteiger partial charge on any atom is 0.246 e. The maximum absolute atomic E-state index is 5.82. The first-order valence-electron chi connectivity index (χ1n) is 8.91. The van der Waals surface area contributed by atoms with Crippen LogP contribution >= 0.6 is 0 Å². The van der Waals surface area contributed by atoms with Gasteiger partial charge in [-0.2, -0.15) is 0 Å². The first-order chi connectivity index (χ1) is 12.3. The second-order valence-corrected chi connectivity index (χ2v) is 7.31. The number of nitrogens with zero attached hydrogens (tertiary/aromatic N) is 1. The smallest absolute Gasteiger partial charge is 0.246 e. The molecule has 2 aromatic rings. The lowest BCUT2D eigenvalue weighted by molar-refractivity contribution is -0.0431. The molecule has 0 saturated carbocycles. The van der Waals surface area contributed by atoms with Crippen LogP contribution in [0.15, 0.2) is 42.5 Å². The minimum atomic E-state index is -0.595. The van der Waals surface area contributed by atoms with E-state index in [1.165, 1.54) is 11.1 Å². The SMILES string of the molecule is C/C(=C\c1ccc2c(c1)OC(C)(C)O2)c1ccc(OCCN(C)C)cc1. The highest BCUT2D eigenvalue weighted by molar-refractivity contribution is 5.81. The Balaban J connectivity index is 1.68. The Kier molecular flexibility index (Phi) is 5.23. The van der Waals surface area contributed by atoms with Gasteiger partial charge in [0.05, 0.1) is 0 Å².